The van der Waals surface area contributed by atoms with Gasteiger partial charge in [-0.25, -0.2) is 4.98 Å². The predicted octanol–water partition coefficient (Wildman–Crippen LogP) is 0.854. The van der Waals surface area contributed by atoms with Crippen LogP contribution in [0.2, 0.25) is 5.02 Å². The Morgan fingerprint density at radius 2 is 1.89 bits per heavy atom. The van der Waals surface area contributed by atoms with Crippen molar-refractivity contribution in [2.24, 2.45) is 15.5 Å². The number of H-pyrrole nitrogens is 1. The summed E-state index contributed by atoms with van der Waals surface area (Å²) in [6.45, 7) is 4.87. The highest BCUT2D eigenvalue weighted by atomic mass is 35.5. The average Bonchev–Trinajstić information content (AvgIpc) is 3.99. The number of amides is 5. The molecule has 3 aliphatic rings. The second-order valence-corrected chi connectivity index (χ2v) is 15.9. The maximum atomic E-state index is 13.9. The van der Waals surface area contributed by atoms with E-state index in [1.165, 1.54) is 35.9 Å². The Balaban J connectivity index is 1.20. The molecule has 300 valence electrons. The number of likely N-dealkylation sites (tertiary alicyclic amines) is 1. The Labute approximate surface area is 333 Å². The zero-order valence-electron chi connectivity index (χ0n) is 29.9. The van der Waals surface area contributed by atoms with Crippen molar-refractivity contribution >= 4 is 80.8 Å². The number of fused-ring (bicyclic) bond motifs is 1. The van der Waals surface area contributed by atoms with Gasteiger partial charge in [-0.15, -0.1) is 43.1 Å². The van der Waals surface area contributed by atoms with Crippen LogP contribution in [0.1, 0.15) is 58.9 Å². The fourth-order valence-electron chi connectivity index (χ4n) is 6.58. The average molecular weight is 847 g/mol. The van der Waals surface area contributed by atoms with Gasteiger partial charge in [-0.1, -0.05) is 16.8 Å². The lowest BCUT2D eigenvalue weighted by Crippen LogP contribution is -2.70. The minimum atomic E-state index is -1.82. The molecule has 6 rings (SSSR count). The minimum absolute atomic E-state index is 0.00193. The first-order valence-corrected chi connectivity index (χ1v) is 19.2. The van der Waals surface area contributed by atoms with E-state index in [2.05, 4.69) is 51.8 Å². The number of hydrogen-bond acceptors (Lipinski definition) is 18. The van der Waals surface area contributed by atoms with Crippen molar-refractivity contribution < 1.29 is 43.5 Å². The number of aromatic amines is 1. The van der Waals surface area contributed by atoms with Gasteiger partial charge in [0.15, 0.2) is 22.3 Å². The minimum Gasteiger partial charge on any atom is -0.504 e. The molecule has 0 spiro atoms. The molecule has 57 heavy (non-hydrogen) atoms. The molecule has 1 aromatic carbocycles. The molecule has 0 aliphatic carbocycles. The molecule has 0 bridgehead atoms. The lowest BCUT2D eigenvalue weighted by molar-refractivity contribution is -0.911. The number of thioether (sulfide) groups is 1. The first-order valence-electron chi connectivity index (χ1n) is 16.9. The van der Waals surface area contributed by atoms with Gasteiger partial charge in [0.25, 0.3) is 17.7 Å². The molecule has 0 unspecified atom stereocenters. The maximum absolute atomic E-state index is 13.9. The Morgan fingerprint density at radius 3 is 2.53 bits per heavy atom. The molecule has 5 heterocycles. The van der Waals surface area contributed by atoms with Gasteiger partial charge < -0.3 is 35.9 Å². The van der Waals surface area contributed by atoms with E-state index in [-0.39, 0.29) is 28.8 Å². The number of tetrazole rings is 1. The number of anilines is 1. The van der Waals surface area contributed by atoms with Gasteiger partial charge in [-0.2, -0.15) is 5.21 Å². The predicted molar refractivity (Wildman–Crippen MR) is 201 cm³/mol. The van der Waals surface area contributed by atoms with Gasteiger partial charge in [0.05, 0.1) is 48.0 Å². The molecule has 2 atom stereocenters. The fraction of sp³-hybridized carbons (Fsp3) is 0.419. The van der Waals surface area contributed by atoms with Gasteiger partial charge in [-0.3, -0.25) is 28.9 Å². The number of phenolic OH excluding ortho intramolecular Hbond substituents is 2. The van der Waals surface area contributed by atoms with Crippen molar-refractivity contribution in [3.05, 3.63) is 54.5 Å². The van der Waals surface area contributed by atoms with Crippen LogP contribution in [0.25, 0.3) is 5.70 Å². The van der Waals surface area contributed by atoms with Crippen LogP contribution in [0.5, 0.6) is 11.5 Å². The zero-order valence-corrected chi connectivity index (χ0v) is 32.3. The molecule has 23 nitrogen and oxygen atoms in total. The van der Waals surface area contributed by atoms with E-state index in [0.717, 1.165) is 48.9 Å². The third kappa shape index (κ3) is 8.03. The van der Waals surface area contributed by atoms with Gasteiger partial charge in [0.2, 0.25) is 11.4 Å². The number of hydrogen-bond donors (Lipinski definition) is 6. The second-order valence-electron chi connectivity index (χ2n) is 13.6. The summed E-state index contributed by atoms with van der Waals surface area (Å²) >= 11 is 8.48. The topological polar surface area (TPSA) is 327 Å². The van der Waals surface area contributed by atoms with Crippen LogP contribution < -0.4 is 16.4 Å². The number of rotatable bonds is 14. The zero-order chi connectivity index (χ0) is 41.2. The third-order valence-electron chi connectivity index (χ3n) is 9.52. The fourth-order valence-corrected chi connectivity index (χ4v) is 8.70. The number of β-lactam (4-membered cyclic amide) rings is 1. The Kier molecular flexibility index (Phi) is 11.6. The van der Waals surface area contributed by atoms with E-state index in [1.807, 2.05) is 0 Å². The molecule has 2 saturated heterocycles. The largest absolute Gasteiger partial charge is 0.504 e. The van der Waals surface area contributed by atoms with Crippen LogP contribution in [-0.2, 0) is 19.2 Å². The molecule has 7 N–H and O–H groups in total. The van der Waals surface area contributed by atoms with Crippen LogP contribution in [-0.4, -0.2) is 136 Å². The van der Waals surface area contributed by atoms with Gasteiger partial charge >= 0.3 is 11.8 Å². The number of aromatic hydroxyl groups is 2. The molecular weight excluding hydrogens is 814 g/mol. The quantitative estimate of drug-likeness (QED) is 0.0327. The highest BCUT2D eigenvalue weighted by molar-refractivity contribution is 8.00. The molecule has 5 amide bonds. The number of aromatic nitrogens is 5. The van der Waals surface area contributed by atoms with Crippen LogP contribution in [0.4, 0.5) is 5.13 Å². The van der Waals surface area contributed by atoms with Crippen molar-refractivity contribution in [3.8, 4) is 11.5 Å². The molecule has 3 aliphatic heterocycles. The smallest absolute Gasteiger partial charge is 0.331 e. The number of oxime groups is 1. The van der Waals surface area contributed by atoms with E-state index >= 15 is 0 Å². The highest BCUT2D eigenvalue weighted by Crippen LogP contribution is 2.44. The lowest BCUT2D eigenvalue weighted by Gasteiger charge is -2.50. The van der Waals surface area contributed by atoms with Crippen molar-refractivity contribution in [2.45, 2.75) is 43.7 Å². The molecule has 0 radical (unpaired) electrons. The Hall–Kier alpha value is -5.92. The van der Waals surface area contributed by atoms with Crippen LogP contribution in [0.3, 0.4) is 0 Å². The Bertz CT molecular complexity index is 2220. The van der Waals surface area contributed by atoms with E-state index in [0.29, 0.717) is 29.0 Å². The summed E-state index contributed by atoms with van der Waals surface area (Å²) in [5.74, 6) is -6.09. The normalized spacial score (nSPS) is 19.0. The van der Waals surface area contributed by atoms with Crippen molar-refractivity contribution in [2.75, 3.05) is 44.2 Å². The monoisotopic (exact) mass is 846 g/mol. The molecule has 26 heteroatoms. The number of nitroso groups, excluding NO2 is 2. The number of nitrogens with one attached hydrogen (secondary N) is 3. The highest BCUT2D eigenvalue weighted by Gasteiger charge is 2.55. The Morgan fingerprint density at radius 1 is 1.16 bits per heavy atom. The summed E-state index contributed by atoms with van der Waals surface area (Å²) in [6.07, 6.45) is 1.75. The summed E-state index contributed by atoms with van der Waals surface area (Å²) in [5, 5.41) is 48.9. The van der Waals surface area contributed by atoms with Crippen molar-refractivity contribution in [1.29, 1.82) is 0 Å². The van der Waals surface area contributed by atoms with Crippen LogP contribution >= 0.6 is 34.7 Å². The first-order chi connectivity index (χ1) is 27.1. The second kappa shape index (κ2) is 16.3. The number of nitrogen functional groups attached to an aromatic ring is 1. The van der Waals surface area contributed by atoms with E-state index in [1.54, 1.807) is 0 Å². The standard InChI is InChI=1S/C31H32ClN13O10S2/c1-31(2,29(52)40-54)55-41-18(16-12-57-30(33)35-16)26(50)36-19-27(51)44-20(23-37-42-43-38-23)13(11-56-28(19)44)10-45(6-3-4-7-45)8-5-34-24(48)14-9-15(25(49)39-53)21(46)22(47)17(14)32/h9,12,19,28H,3-8,10-11H2,1-2H3,(H6-,33,34,35,36,37,38,39,40,41,42,43,46,47,48,49,50,52,53,54)/p+1/t19-,28-/m1/s1. The number of benzene rings is 1. The molecule has 0 saturated carbocycles. The number of nitrogens with two attached hydrogens (primary N) is 1. The number of thiazole rings is 1. The lowest BCUT2D eigenvalue weighted by atomic mass is 10.0. The van der Waals surface area contributed by atoms with Gasteiger partial charge in [0.1, 0.15) is 23.7 Å². The number of quaternary nitrogens is 1. The molecular formula is C31H33ClN13O10S2+. The number of carbonyl (C=O) groups is 5. The SMILES string of the molecule is CC(C)(O/N=C(\C(=O)N[C@@H]1C(=O)N2C(c3nn[nH]n3)=C(C[N+]3(CCNC(=O)c4cc(C(=O)N=O)c(O)c(O)c4Cl)CCCC3)CS[C@H]12)c1csc(N)n1)C(=O)N=O. The summed E-state index contributed by atoms with van der Waals surface area (Å²) in [6, 6.07) is -0.172. The number of carbonyl (C=O) groups excluding carboxylic acids is 5. The number of phenols is 2. The van der Waals surface area contributed by atoms with Gasteiger partial charge in [-0.05, 0) is 25.1 Å². The summed E-state index contributed by atoms with van der Waals surface area (Å²) < 4.78 is 0.493. The third-order valence-corrected chi connectivity index (χ3v) is 11.9. The number of nitrogens with zero attached hydrogens (tertiary/aromatic N) is 9. The molecule has 2 fully saturated rings. The first kappa shape index (κ1) is 40.7. The van der Waals surface area contributed by atoms with E-state index in [9.17, 15) is 44.0 Å². The molecule has 3 aromatic rings. The van der Waals surface area contributed by atoms with E-state index in [4.69, 9.17) is 22.2 Å². The van der Waals surface area contributed by atoms with E-state index < -0.39 is 74.3 Å². The van der Waals surface area contributed by atoms with Crippen LogP contribution in [0.15, 0.2) is 32.5 Å². The summed E-state index contributed by atoms with van der Waals surface area (Å²) in [5.41, 5.74) is 3.75. The van der Waals surface area contributed by atoms with Crippen molar-refractivity contribution in [3.63, 3.8) is 0 Å². The van der Waals surface area contributed by atoms with Crippen LogP contribution in [0, 0.1) is 9.81 Å². The molecule has 2 aromatic heterocycles. The number of halogens is 1. The summed E-state index contributed by atoms with van der Waals surface area (Å²) in [4.78, 5) is 96.9. The maximum Gasteiger partial charge on any atom is 0.331 e. The summed E-state index contributed by atoms with van der Waals surface area (Å²) in [7, 11) is 0. The van der Waals surface area contributed by atoms with Gasteiger partial charge in [0, 0.05) is 39.9 Å². The van der Waals surface area contributed by atoms with Crippen molar-refractivity contribution in [1.82, 2.24) is 41.1 Å².